The van der Waals surface area contributed by atoms with Crippen LogP contribution in [0.4, 0.5) is 0 Å². The minimum absolute atomic E-state index is 0.0474. The molecule has 0 saturated carbocycles. The van der Waals surface area contributed by atoms with E-state index in [-0.39, 0.29) is 35.1 Å². The number of nitrogens with one attached hydrogen (secondary N) is 2. The number of hydrogen-bond acceptors (Lipinski definition) is 6. The van der Waals surface area contributed by atoms with Crippen LogP contribution in [0.5, 0.6) is 5.75 Å². The second-order valence-corrected chi connectivity index (χ2v) is 10.4. The van der Waals surface area contributed by atoms with Crippen LogP contribution < -0.4 is 14.8 Å². The molecule has 2 N–H and O–H groups in total. The van der Waals surface area contributed by atoms with Crippen LogP contribution in [-0.4, -0.2) is 53.6 Å². The van der Waals surface area contributed by atoms with Gasteiger partial charge in [-0.1, -0.05) is 6.92 Å². The number of hydrogen-bond donors (Lipinski definition) is 2. The van der Waals surface area contributed by atoms with E-state index in [0.29, 0.717) is 5.75 Å². The molecule has 1 aliphatic rings. The van der Waals surface area contributed by atoms with Gasteiger partial charge in [-0.05, 0) is 50.6 Å². The summed E-state index contributed by atoms with van der Waals surface area (Å²) < 4.78 is 55.9. The summed E-state index contributed by atoms with van der Waals surface area (Å²) >= 11 is 0. The van der Waals surface area contributed by atoms with Crippen molar-refractivity contribution in [1.82, 2.24) is 10.0 Å². The number of benzene rings is 1. The van der Waals surface area contributed by atoms with Crippen molar-refractivity contribution in [2.24, 2.45) is 0 Å². The zero-order valence-corrected chi connectivity index (χ0v) is 16.2. The summed E-state index contributed by atoms with van der Waals surface area (Å²) in [6.07, 6.45) is 1.74. The molecule has 0 radical (unpaired) electrons. The van der Waals surface area contributed by atoms with Gasteiger partial charge in [0.05, 0.1) is 10.6 Å². The van der Waals surface area contributed by atoms with E-state index in [2.05, 4.69) is 10.0 Å². The van der Waals surface area contributed by atoms with E-state index in [1.165, 1.54) is 24.3 Å². The van der Waals surface area contributed by atoms with E-state index in [9.17, 15) is 16.8 Å². The molecule has 1 aliphatic heterocycles. The van der Waals surface area contributed by atoms with Crippen molar-refractivity contribution in [1.29, 1.82) is 0 Å². The lowest BCUT2D eigenvalue weighted by Gasteiger charge is -2.30. The van der Waals surface area contributed by atoms with Gasteiger partial charge in [0.15, 0.2) is 9.84 Å². The Morgan fingerprint density at radius 3 is 2.48 bits per heavy atom. The lowest BCUT2D eigenvalue weighted by molar-refractivity contribution is 0.340. The molecule has 0 bridgehead atoms. The highest BCUT2D eigenvalue weighted by Crippen LogP contribution is 2.18. The molecule has 2 unspecified atom stereocenters. The largest absolute Gasteiger partial charge is 0.493 e. The van der Waals surface area contributed by atoms with Gasteiger partial charge in [-0.25, -0.2) is 21.6 Å². The van der Waals surface area contributed by atoms with Crippen LogP contribution in [-0.2, 0) is 19.9 Å². The van der Waals surface area contributed by atoms with E-state index < -0.39 is 19.9 Å². The summed E-state index contributed by atoms with van der Waals surface area (Å²) in [5.41, 5.74) is 0. The van der Waals surface area contributed by atoms with Crippen molar-refractivity contribution >= 4 is 19.9 Å². The van der Waals surface area contributed by atoms with Crippen LogP contribution in [0, 0.1) is 0 Å². The lowest BCUT2D eigenvalue weighted by atomic mass is 10.0. The first-order chi connectivity index (χ1) is 11.7. The highest BCUT2D eigenvalue weighted by atomic mass is 32.2. The molecule has 0 amide bonds. The molecular formula is C16H26N2O5S2. The molecule has 7 nitrogen and oxygen atoms in total. The van der Waals surface area contributed by atoms with Gasteiger partial charge >= 0.3 is 0 Å². The Labute approximate surface area is 150 Å². The zero-order chi connectivity index (χ0) is 18.5. The fraction of sp³-hybridized carbons (Fsp3) is 0.625. The Morgan fingerprint density at radius 1 is 1.20 bits per heavy atom. The van der Waals surface area contributed by atoms with Crippen LogP contribution in [0.1, 0.15) is 26.7 Å². The van der Waals surface area contributed by atoms with E-state index >= 15 is 0 Å². The van der Waals surface area contributed by atoms with Crippen LogP contribution in [0.25, 0.3) is 0 Å². The molecule has 1 aromatic carbocycles. The first kappa shape index (κ1) is 20.2. The maximum atomic E-state index is 12.5. The van der Waals surface area contributed by atoms with Gasteiger partial charge in [0, 0.05) is 17.8 Å². The molecule has 0 aliphatic carbocycles. The van der Waals surface area contributed by atoms with Gasteiger partial charge in [0.2, 0.25) is 10.0 Å². The van der Waals surface area contributed by atoms with Crippen LogP contribution in [0.15, 0.2) is 29.2 Å². The normalized spacial score (nSPS) is 21.8. The zero-order valence-electron chi connectivity index (χ0n) is 14.6. The van der Waals surface area contributed by atoms with Crippen molar-refractivity contribution in [2.45, 2.75) is 43.7 Å². The van der Waals surface area contributed by atoms with Crippen molar-refractivity contribution < 1.29 is 21.6 Å². The molecular weight excluding hydrogens is 364 g/mol. The van der Waals surface area contributed by atoms with Crippen LogP contribution in [0.3, 0.4) is 0 Å². The third kappa shape index (κ3) is 5.95. The Balaban J connectivity index is 1.96. The molecule has 2 atom stereocenters. The molecule has 1 fully saturated rings. The highest BCUT2D eigenvalue weighted by molar-refractivity contribution is 7.91. The first-order valence-electron chi connectivity index (χ1n) is 8.42. The summed E-state index contributed by atoms with van der Waals surface area (Å²) in [4.78, 5) is 0.166. The fourth-order valence-electron chi connectivity index (χ4n) is 2.62. The monoisotopic (exact) mass is 390 g/mol. The van der Waals surface area contributed by atoms with Gasteiger partial charge in [-0.15, -0.1) is 0 Å². The predicted octanol–water partition coefficient (Wildman–Crippen LogP) is 0.919. The van der Waals surface area contributed by atoms with Crippen molar-refractivity contribution in [3.05, 3.63) is 24.3 Å². The molecule has 1 saturated heterocycles. The number of rotatable bonds is 8. The quantitative estimate of drug-likeness (QED) is 0.684. The standard InChI is InChI=1S/C16H26N2O5S2/c1-3-24(19,20)12-11-23-14-6-8-15(9-7-14)25(21,22)18-16-5-4-10-17-13(16)2/h6-9,13,16-18H,3-5,10-12H2,1-2H3. The average Bonchev–Trinajstić information content (AvgIpc) is 2.57. The summed E-state index contributed by atoms with van der Waals surface area (Å²) in [6.45, 7) is 4.50. The van der Waals surface area contributed by atoms with Crippen molar-refractivity contribution in [3.63, 3.8) is 0 Å². The maximum absolute atomic E-state index is 12.5. The van der Waals surface area contributed by atoms with Gasteiger partial charge in [-0.3, -0.25) is 0 Å². The Bertz CT molecular complexity index is 760. The van der Waals surface area contributed by atoms with Crippen LogP contribution in [0.2, 0.25) is 0 Å². The third-order valence-corrected chi connectivity index (χ3v) is 7.48. The summed E-state index contributed by atoms with van der Waals surface area (Å²) in [7, 11) is -6.68. The molecule has 0 spiro atoms. The summed E-state index contributed by atoms with van der Waals surface area (Å²) in [5, 5.41) is 3.26. The van der Waals surface area contributed by atoms with E-state index in [1.807, 2.05) is 6.92 Å². The number of piperidine rings is 1. The summed E-state index contributed by atoms with van der Waals surface area (Å²) in [6, 6.07) is 5.96. The first-order valence-corrected chi connectivity index (χ1v) is 11.7. The SMILES string of the molecule is CCS(=O)(=O)CCOc1ccc(S(=O)(=O)NC2CCCNC2C)cc1. The molecule has 142 valence electrons. The Kier molecular flexibility index (Phi) is 6.84. The lowest BCUT2D eigenvalue weighted by Crippen LogP contribution is -2.51. The number of sulfone groups is 1. The number of ether oxygens (including phenoxy) is 1. The Hall–Kier alpha value is -1.16. The van der Waals surface area contributed by atoms with Crippen LogP contribution >= 0.6 is 0 Å². The van der Waals surface area contributed by atoms with Gasteiger partial charge in [0.1, 0.15) is 12.4 Å². The van der Waals surface area contributed by atoms with Gasteiger partial charge < -0.3 is 10.1 Å². The smallest absolute Gasteiger partial charge is 0.240 e. The predicted molar refractivity (Wildman–Crippen MR) is 97.1 cm³/mol. The number of sulfonamides is 1. The average molecular weight is 391 g/mol. The fourth-order valence-corrected chi connectivity index (χ4v) is 4.60. The highest BCUT2D eigenvalue weighted by Gasteiger charge is 2.26. The minimum atomic E-state index is -3.60. The Morgan fingerprint density at radius 2 is 1.88 bits per heavy atom. The molecule has 0 aromatic heterocycles. The second kappa shape index (κ2) is 8.48. The van der Waals surface area contributed by atoms with E-state index in [4.69, 9.17) is 4.74 Å². The van der Waals surface area contributed by atoms with E-state index in [1.54, 1.807) is 6.92 Å². The third-order valence-electron chi connectivity index (χ3n) is 4.31. The topological polar surface area (TPSA) is 102 Å². The molecule has 2 rings (SSSR count). The van der Waals surface area contributed by atoms with E-state index in [0.717, 1.165) is 19.4 Å². The summed E-state index contributed by atoms with van der Waals surface area (Å²) in [5.74, 6) is 0.462. The van der Waals surface area contributed by atoms with Crippen molar-refractivity contribution in [2.75, 3.05) is 24.7 Å². The molecule has 9 heteroatoms. The van der Waals surface area contributed by atoms with Gasteiger partial charge in [-0.2, -0.15) is 0 Å². The van der Waals surface area contributed by atoms with Crippen molar-refractivity contribution in [3.8, 4) is 5.75 Å². The maximum Gasteiger partial charge on any atom is 0.240 e. The molecule has 1 aromatic rings. The minimum Gasteiger partial charge on any atom is -0.493 e. The molecule has 25 heavy (non-hydrogen) atoms. The molecule has 1 heterocycles. The van der Waals surface area contributed by atoms with Gasteiger partial charge in [0.25, 0.3) is 0 Å². The second-order valence-electron chi connectivity index (χ2n) is 6.17.